The summed E-state index contributed by atoms with van der Waals surface area (Å²) in [6.07, 6.45) is -0.199. The zero-order valence-electron chi connectivity index (χ0n) is 15.6. The maximum absolute atomic E-state index is 13.0. The molecule has 0 radical (unpaired) electrons. The van der Waals surface area contributed by atoms with Crippen molar-refractivity contribution in [1.29, 1.82) is 0 Å². The average molecular weight is 398 g/mol. The zero-order chi connectivity index (χ0) is 20.1. The van der Waals surface area contributed by atoms with Gasteiger partial charge in [-0.3, -0.25) is 9.69 Å². The summed E-state index contributed by atoms with van der Waals surface area (Å²) in [5.41, 5.74) is -1.11. The van der Waals surface area contributed by atoms with Gasteiger partial charge in [-0.1, -0.05) is 25.0 Å². The highest BCUT2D eigenvalue weighted by atomic mass is 19.4. The average Bonchev–Trinajstić information content (AvgIpc) is 3.14. The molecule has 2 fully saturated rings. The molecule has 0 aromatic heterocycles. The molecule has 9 heteroatoms. The molecule has 1 aromatic carbocycles. The summed E-state index contributed by atoms with van der Waals surface area (Å²) in [4.78, 5) is 28.0. The number of nitrogens with one attached hydrogen (secondary N) is 2. The lowest BCUT2D eigenvalue weighted by Crippen LogP contribution is -2.54. The summed E-state index contributed by atoms with van der Waals surface area (Å²) in [6, 6.07) is 5.10. The van der Waals surface area contributed by atoms with Gasteiger partial charge >= 0.3 is 12.2 Å². The molecule has 6 nitrogen and oxygen atoms in total. The van der Waals surface area contributed by atoms with Crippen molar-refractivity contribution in [2.24, 2.45) is 0 Å². The molecule has 0 unspecified atom stereocenters. The third-order valence-electron chi connectivity index (χ3n) is 5.22. The normalized spacial score (nSPS) is 18.9. The summed E-state index contributed by atoms with van der Waals surface area (Å²) in [5, 5.41) is 5.39. The van der Waals surface area contributed by atoms with Crippen LogP contribution in [-0.4, -0.2) is 60.5 Å². The lowest BCUT2D eigenvalue weighted by atomic mass is 10.1. The molecule has 0 bridgehead atoms. The van der Waals surface area contributed by atoms with E-state index in [4.69, 9.17) is 0 Å². The fourth-order valence-electron chi connectivity index (χ4n) is 3.68. The maximum atomic E-state index is 13.0. The fraction of sp³-hybridized carbons (Fsp3) is 0.579. The van der Waals surface area contributed by atoms with Gasteiger partial charge in [0.25, 0.3) is 0 Å². The van der Waals surface area contributed by atoms with Gasteiger partial charge in [0, 0.05) is 32.2 Å². The van der Waals surface area contributed by atoms with Crippen LogP contribution in [0.25, 0.3) is 0 Å². The maximum Gasteiger partial charge on any atom is 0.418 e. The van der Waals surface area contributed by atoms with Gasteiger partial charge in [0.2, 0.25) is 5.91 Å². The van der Waals surface area contributed by atoms with E-state index in [2.05, 4.69) is 10.6 Å². The quantitative estimate of drug-likeness (QED) is 0.820. The summed E-state index contributed by atoms with van der Waals surface area (Å²) in [5.74, 6) is -0.499. The first kappa shape index (κ1) is 20.4. The Morgan fingerprint density at radius 2 is 1.68 bits per heavy atom. The third kappa shape index (κ3) is 5.37. The Morgan fingerprint density at radius 3 is 2.32 bits per heavy atom. The van der Waals surface area contributed by atoms with Gasteiger partial charge in [-0.2, -0.15) is 13.2 Å². The third-order valence-corrected chi connectivity index (χ3v) is 5.22. The van der Waals surface area contributed by atoms with Crippen LogP contribution in [0.15, 0.2) is 24.3 Å². The van der Waals surface area contributed by atoms with Crippen LogP contribution in [-0.2, 0) is 11.0 Å². The minimum absolute atomic E-state index is 0.00965. The molecule has 2 N–H and O–H groups in total. The molecule has 1 saturated carbocycles. The Balaban J connectivity index is 1.46. The Kier molecular flexibility index (Phi) is 6.43. The van der Waals surface area contributed by atoms with Crippen molar-refractivity contribution in [3.05, 3.63) is 29.8 Å². The predicted octanol–water partition coefficient (Wildman–Crippen LogP) is 2.91. The molecule has 1 aromatic rings. The fourth-order valence-corrected chi connectivity index (χ4v) is 3.68. The van der Waals surface area contributed by atoms with Crippen LogP contribution in [0.1, 0.15) is 31.2 Å². The monoisotopic (exact) mass is 398 g/mol. The second-order valence-corrected chi connectivity index (χ2v) is 7.29. The standard InChI is InChI=1S/C19H25F3N4O2/c20-19(21,22)15-7-3-4-8-16(15)24-17(27)13-25-9-11-26(12-10-25)18(28)23-14-5-1-2-6-14/h3-4,7-8,14H,1-2,5-6,9-13H2,(H,23,28)(H,24,27). The molecule has 154 valence electrons. The van der Waals surface area contributed by atoms with Gasteiger partial charge in [0.1, 0.15) is 0 Å². The number of anilines is 1. The first-order chi connectivity index (χ1) is 13.3. The molecule has 1 saturated heterocycles. The van der Waals surface area contributed by atoms with E-state index in [1.165, 1.54) is 18.2 Å². The smallest absolute Gasteiger partial charge is 0.335 e. The highest BCUT2D eigenvalue weighted by Crippen LogP contribution is 2.34. The number of alkyl halides is 3. The highest BCUT2D eigenvalue weighted by molar-refractivity contribution is 5.93. The molecular weight excluding hydrogens is 373 g/mol. The van der Waals surface area contributed by atoms with Gasteiger partial charge in [-0.25, -0.2) is 4.79 Å². The van der Waals surface area contributed by atoms with E-state index in [-0.39, 0.29) is 24.3 Å². The predicted molar refractivity (Wildman–Crippen MR) is 98.9 cm³/mol. The van der Waals surface area contributed by atoms with Crippen molar-refractivity contribution in [3.8, 4) is 0 Å². The Labute approximate surface area is 162 Å². The lowest BCUT2D eigenvalue weighted by molar-refractivity contribution is -0.137. The van der Waals surface area contributed by atoms with E-state index >= 15 is 0 Å². The van der Waals surface area contributed by atoms with Crippen molar-refractivity contribution in [2.75, 3.05) is 38.0 Å². The van der Waals surface area contributed by atoms with E-state index in [9.17, 15) is 22.8 Å². The van der Waals surface area contributed by atoms with Gasteiger partial charge in [0.15, 0.2) is 0 Å². The van der Waals surface area contributed by atoms with Crippen LogP contribution in [0.3, 0.4) is 0 Å². The second kappa shape index (κ2) is 8.81. The number of nitrogens with zero attached hydrogens (tertiary/aromatic N) is 2. The number of piperazine rings is 1. The van der Waals surface area contributed by atoms with Crippen LogP contribution in [0.5, 0.6) is 0 Å². The summed E-state index contributed by atoms with van der Waals surface area (Å²) in [7, 11) is 0. The molecule has 28 heavy (non-hydrogen) atoms. The summed E-state index contributed by atoms with van der Waals surface area (Å²) in [6.45, 7) is 1.99. The first-order valence-corrected chi connectivity index (χ1v) is 9.57. The van der Waals surface area contributed by atoms with Crippen molar-refractivity contribution < 1.29 is 22.8 Å². The SMILES string of the molecule is O=C(CN1CCN(C(=O)NC2CCCC2)CC1)Nc1ccccc1C(F)(F)F. The van der Waals surface area contributed by atoms with Crippen LogP contribution in [0, 0.1) is 0 Å². The summed E-state index contributed by atoms with van der Waals surface area (Å²) < 4.78 is 39.0. The Morgan fingerprint density at radius 1 is 1.04 bits per heavy atom. The van der Waals surface area contributed by atoms with Crippen molar-refractivity contribution in [3.63, 3.8) is 0 Å². The van der Waals surface area contributed by atoms with Gasteiger partial charge in [0.05, 0.1) is 17.8 Å². The second-order valence-electron chi connectivity index (χ2n) is 7.29. The largest absolute Gasteiger partial charge is 0.418 e. The topological polar surface area (TPSA) is 64.7 Å². The van der Waals surface area contributed by atoms with Crippen LogP contribution in [0.4, 0.5) is 23.7 Å². The number of halogens is 3. The minimum Gasteiger partial charge on any atom is -0.335 e. The number of benzene rings is 1. The number of amides is 3. The first-order valence-electron chi connectivity index (χ1n) is 9.57. The zero-order valence-corrected chi connectivity index (χ0v) is 15.6. The number of para-hydroxylation sites is 1. The molecule has 0 spiro atoms. The van der Waals surface area contributed by atoms with Crippen molar-refractivity contribution in [1.82, 2.24) is 15.1 Å². The molecule has 3 amide bonds. The number of urea groups is 1. The number of hydrogen-bond donors (Lipinski definition) is 2. The van der Waals surface area contributed by atoms with E-state index in [0.717, 1.165) is 31.7 Å². The van der Waals surface area contributed by atoms with E-state index < -0.39 is 17.6 Å². The molecule has 1 aliphatic heterocycles. The van der Waals surface area contributed by atoms with Crippen molar-refractivity contribution >= 4 is 17.6 Å². The van der Waals surface area contributed by atoms with Gasteiger partial charge < -0.3 is 15.5 Å². The molecule has 3 rings (SSSR count). The van der Waals surface area contributed by atoms with E-state index in [1.54, 1.807) is 4.90 Å². The molecule has 2 aliphatic rings. The molecule has 1 heterocycles. The van der Waals surface area contributed by atoms with E-state index in [1.807, 2.05) is 4.90 Å². The molecule has 1 aliphatic carbocycles. The summed E-state index contributed by atoms with van der Waals surface area (Å²) >= 11 is 0. The van der Waals surface area contributed by atoms with Crippen LogP contribution >= 0.6 is 0 Å². The number of hydrogen-bond acceptors (Lipinski definition) is 3. The van der Waals surface area contributed by atoms with Gasteiger partial charge in [-0.15, -0.1) is 0 Å². The molecule has 0 atom stereocenters. The van der Waals surface area contributed by atoms with Crippen LogP contribution in [0.2, 0.25) is 0 Å². The Bertz CT molecular complexity index is 697. The molecular formula is C19H25F3N4O2. The number of rotatable bonds is 4. The van der Waals surface area contributed by atoms with Gasteiger partial charge in [-0.05, 0) is 25.0 Å². The number of carbonyl (C=O) groups excluding carboxylic acids is 2. The lowest BCUT2D eigenvalue weighted by Gasteiger charge is -2.34. The number of carbonyl (C=O) groups is 2. The van der Waals surface area contributed by atoms with Crippen molar-refractivity contribution in [2.45, 2.75) is 37.9 Å². The Hall–Kier alpha value is -2.29. The highest BCUT2D eigenvalue weighted by Gasteiger charge is 2.33. The van der Waals surface area contributed by atoms with Crippen LogP contribution < -0.4 is 10.6 Å². The van der Waals surface area contributed by atoms with E-state index in [0.29, 0.717) is 26.2 Å². The minimum atomic E-state index is -4.53.